The molecule has 2 aliphatic rings. The maximum atomic E-state index is 10.1. The van der Waals surface area contributed by atoms with Gasteiger partial charge in [-0.05, 0) is 37.8 Å². The van der Waals surface area contributed by atoms with E-state index < -0.39 is 6.10 Å². The summed E-state index contributed by atoms with van der Waals surface area (Å²) >= 11 is 0. The van der Waals surface area contributed by atoms with E-state index in [1.165, 1.54) is 12.8 Å². The Hall–Kier alpha value is -1.86. The molecule has 3 rings (SSSR count). The number of nitrogens with zero attached hydrogens (tertiary/aromatic N) is 4. The zero-order valence-electron chi connectivity index (χ0n) is 15.7. The van der Waals surface area contributed by atoms with Gasteiger partial charge in [0.15, 0.2) is 5.96 Å². The molecular weight excluding hydrogens is 330 g/mol. The van der Waals surface area contributed by atoms with Gasteiger partial charge in [0.25, 0.3) is 0 Å². The maximum Gasteiger partial charge on any atom is 0.194 e. The van der Waals surface area contributed by atoms with Gasteiger partial charge in [0.2, 0.25) is 0 Å². The Bertz CT molecular complexity index is 556. The lowest BCUT2D eigenvalue weighted by Crippen LogP contribution is -2.53. The average Bonchev–Trinajstić information content (AvgIpc) is 3.50. The quantitative estimate of drug-likeness (QED) is 0.531. The van der Waals surface area contributed by atoms with E-state index in [1.807, 2.05) is 24.4 Å². The molecule has 1 aromatic heterocycles. The van der Waals surface area contributed by atoms with Crippen LogP contribution < -0.4 is 10.2 Å². The average molecular weight is 361 g/mol. The largest absolute Gasteiger partial charge is 0.389 e. The predicted molar refractivity (Wildman–Crippen MR) is 104 cm³/mol. The number of aromatic nitrogens is 1. The van der Waals surface area contributed by atoms with Crippen molar-refractivity contribution in [3.63, 3.8) is 0 Å². The van der Waals surface area contributed by atoms with Crippen LogP contribution in [0.3, 0.4) is 0 Å². The fourth-order valence-electron chi connectivity index (χ4n) is 3.01. The van der Waals surface area contributed by atoms with E-state index in [0.717, 1.165) is 57.0 Å². The zero-order chi connectivity index (χ0) is 18.2. The number of anilines is 1. The first-order valence-corrected chi connectivity index (χ1v) is 9.71. The Balaban J connectivity index is 1.46. The molecule has 7 nitrogen and oxygen atoms in total. The number of aliphatic hydroxyl groups excluding tert-OH is 1. The van der Waals surface area contributed by atoms with Crippen LogP contribution in [0.5, 0.6) is 0 Å². The molecule has 1 aliphatic heterocycles. The maximum absolute atomic E-state index is 10.1. The molecule has 0 bridgehead atoms. The van der Waals surface area contributed by atoms with Gasteiger partial charge in [0, 0.05) is 45.5 Å². The van der Waals surface area contributed by atoms with Crippen LogP contribution in [-0.4, -0.2) is 79.5 Å². The number of hydrogen-bond acceptors (Lipinski definition) is 5. The lowest BCUT2D eigenvalue weighted by molar-refractivity contribution is 0.0367. The second-order valence-corrected chi connectivity index (χ2v) is 6.99. The van der Waals surface area contributed by atoms with Crippen molar-refractivity contribution in [3.05, 3.63) is 24.4 Å². The van der Waals surface area contributed by atoms with Gasteiger partial charge in [-0.15, -0.1) is 0 Å². The highest BCUT2D eigenvalue weighted by Gasteiger charge is 2.22. The standard InChI is InChI=1S/C19H31N5O2/c1-2-20-19(22-13-17(25)15-26-14-16-6-7-16)24-11-9-23(10-12-24)18-5-3-4-8-21-18/h3-5,8,16-17,25H,2,6-7,9-15H2,1H3,(H,20,22). The molecule has 144 valence electrons. The summed E-state index contributed by atoms with van der Waals surface area (Å²) in [6.45, 7) is 7.98. The Morgan fingerprint density at radius 1 is 1.35 bits per heavy atom. The van der Waals surface area contributed by atoms with Crippen LogP contribution in [0, 0.1) is 5.92 Å². The van der Waals surface area contributed by atoms with Crippen molar-refractivity contribution in [2.24, 2.45) is 10.9 Å². The zero-order valence-corrected chi connectivity index (χ0v) is 15.7. The molecule has 1 aliphatic carbocycles. The summed E-state index contributed by atoms with van der Waals surface area (Å²) < 4.78 is 5.55. The minimum Gasteiger partial charge on any atom is -0.389 e. The second kappa shape index (κ2) is 9.73. The first kappa shape index (κ1) is 18.9. The molecular formula is C19H31N5O2. The van der Waals surface area contributed by atoms with Gasteiger partial charge in [-0.25, -0.2) is 4.98 Å². The Morgan fingerprint density at radius 3 is 2.81 bits per heavy atom. The third-order valence-corrected chi connectivity index (χ3v) is 4.70. The van der Waals surface area contributed by atoms with Crippen LogP contribution in [0.2, 0.25) is 0 Å². The number of aliphatic hydroxyl groups is 1. The predicted octanol–water partition coefficient (Wildman–Crippen LogP) is 0.957. The summed E-state index contributed by atoms with van der Waals surface area (Å²) in [5.41, 5.74) is 0. The van der Waals surface area contributed by atoms with Gasteiger partial charge in [-0.3, -0.25) is 4.99 Å². The minimum absolute atomic E-state index is 0.368. The fraction of sp³-hybridized carbons (Fsp3) is 0.684. The van der Waals surface area contributed by atoms with Gasteiger partial charge < -0.3 is 25.0 Å². The highest BCUT2D eigenvalue weighted by Crippen LogP contribution is 2.28. The van der Waals surface area contributed by atoms with Crippen molar-refractivity contribution in [3.8, 4) is 0 Å². The first-order valence-electron chi connectivity index (χ1n) is 9.71. The fourth-order valence-corrected chi connectivity index (χ4v) is 3.01. The highest BCUT2D eigenvalue weighted by molar-refractivity contribution is 5.80. The third-order valence-electron chi connectivity index (χ3n) is 4.70. The topological polar surface area (TPSA) is 73.2 Å². The molecule has 1 atom stereocenters. The van der Waals surface area contributed by atoms with E-state index in [-0.39, 0.29) is 0 Å². The number of pyridine rings is 1. The van der Waals surface area contributed by atoms with E-state index in [4.69, 9.17) is 4.74 Å². The highest BCUT2D eigenvalue weighted by atomic mass is 16.5. The SMILES string of the molecule is CCNC(=NCC(O)COCC1CC1)N1CCN(c2ccccn2)CC1. The molecule has 2 N–H and O–H groups in total. The second-order valence-electron chi connectivity index (χ2n) is 6.99. The molecule has 1 saturated carbocycles. The van der Waals surface area contributed by atoms with Crippen molar-refractivity contribution in [1.82, 2.24) is 15.2 Å². The molecule has 0 aromatic carbocycles. The lowest BCUT2D eigenvalue weighted by atomic mass is 10.3. The molecule has 2 heterocycles. The van der Waals surface area contributed by atoms with Crippen molar-refractivity contribution in [1.29, 1.82) is 0 Å². The lowest BCUT2D eigenvalue weighted by Gasteiger charge is -2.37. The number of piperazine rings is 1. The summed E-state index contributed by atoms with van der Waals surface area (Å²) in [5.74, 6) is 2.62. The van der Waals surface area contributed by atoms with Gasteiger partial charge in [-0.2, -0.15) is 0 Å². The van der Waals surface area contributed by atoms with Crippen LogP contribution >= 0.6 is 0 Å². The molecule has 26 heavy (non-hydrogen) atoms. The van der Waals surface area contributed by atoms with E-state index in [0.29, 0.717) is 13.2 Å². The van der Waals surface area contributed by atoms with Crippen LogP contribution in [0.15, 0.2) is 29.4 Å². The van der Waals surface area contributed by atoms with Crippen molar-refractivity contribution >= 4 is 11.8 Å². The normalized spacial score (nSPS) is 19.5. The summed E-state index contributed by atoms with van der Waals surface area (Å²) in [6.07, 6.45) is 3.82. The molecule has 7 heteroatoms. The number of guanidine groups is 1. The van der Waals surface area contributed by atoms with Crippen molar-refractivity contribution in [2.45, 2.75) is 25.9 Å². The van der Waals surface area contributed by atoms with E-state index >= 15 is 0 Å². The Morgan fingerprint density at radius 2 is 2.15 bits per heavy atom. The number of hydrogen-bond donors (Lipinski definition) is 2. The Labute approximate surface area is 156 Å². The van der Waals surface area contributed by atoms with Crippen LogP contribution in [0.1, 0.15) is 19.8 Å². The van der Waals surface area contributed by atoms with E-state index in [1.54, 1.807) is 0 Å². The van der Waals surface area contributed by atoms with Gasteiger partial charge in [0.1, 0.15) is 5.82 Å². The number of nitrogens with one attached hydrogen (secondary N) is 1. The van der Waals surface area contributed by atoms with E-state index in [9.17, 15) is 5.11 Å². The monoisotopic (exact) mass is 361 g/mol. The summed E-state index contributed by atoms with van der Waals surface area (Å²) in [7, 11) is 0. The molecule has 0 amide bonds. The van der Waals surface area contributed by atoms with Gasteiger partial charge in [-0.1, -0.05) is 6.07 Å². The van der Waals surface area contributed by atoms with Gasteiger partial charge in [0.05, 0.1) is 19.3 Å². The molecule has 1 aromatic rings. The van der Waals surface area contributed by atoms with Crippen LogP contribution in [0.25, 0.3) is 0 Å². The van der Waals surface area contributed by atoms with Crippen LogP contribution in [-0.2, 0) is 4.74 Å². The molecule has 1 unspecified atom stereocenters. The molecule has 2 fully saturated rings. The molecule has 0 spiro atoms. The smallest absolute Gasteiger partial charge is 0.194 e. The Kier molecular flexibility index (Phi) is 7.08. The van der Waals surface area contributed by atoms with Crippen molar-refractivity contribution in [2.75, 3.05) is 57.4 Å². The summed E-state index contributed by atoms with van der Waals surface area (Å²) in [4.78, 5) is 13.6. The first-order chi connectivity index (χ1) is 12.8. The van der Waals surface area contributed by atoms with Crippen LogP contribution in [0.4, 0.5) is 5.82 Å². The number of aliphatic imine (C=N–C) groups is 1. The summed E-state index contributed by atoms with van der Waals surface area (Å²) in [5, 5.41) is 13.4. The summed E-state index contributed by atoms with van der Waals surface area (Å²) in [6, 6.07) is 6.01. The van der Waals surface area contributed by atoms with E-state index in [2.05, 4.69) is 32.0 Å². The number of ether oxygens (including phenoxy) is 1. The minimum atomic E-state index is -0.544. The number of rotatable bonds is 8. The molecule has 0 radical (unpaired) electrons. The van der Waals surface area contributed by atoms with Crippen molar-refractivity contribution < 1.29 is 9.84 Å². The van der Waals surface area contributed by atoms with Gasteiger partial charge >= 0.3 is 0 Å². The third kappa shape index (κ3) is 5.85. The molecule has 1 saturated heterocycles.